The van der Waals surface area contributed by atoms with E-state index in [-0.39, 0.29) is 5.92 Å². The van der Waals surface area contributed by atoms with Gasteiger partial charge in [0.25, 0.3) is 0 Å². The number of fused-ring (bicyclic) bond motifs is 1. The predicted octanol–water partition coefficient (Wildman–Crippen LogP) is 0.754. The number of nitrogens with zero attached hydrogens (tertiary/aromatic N) is 1. The molecule has 78 valence electrons. The summed E-state index contributed by atoms with van der Waals surface area (Å²) >= 11 is 0. The zero-order valence-corrected chi connectivity index (χ0v) is 8.83. The minimum atomic E-state index is -0.689. The molecule has 0 aliphatic heterocycles. The molecule has 1 aromatic rings. The lowest BCUT2D eigenvalue weighted by atomic mass is 9.86. The lowest BCUT2D eigenvalue weighted by Crippen LogP contribution is -2.32. The van der Waals surface area contributed by atoms with Crippen molar-refractivity contribution in [1.82, 2.24) is 4.57 Å². The summed E-state index contributed by atoms with van der Waals surface area (Å²) in [5.41, 5.74) is 7.22. The Morgan fingerprint density at radius 3 is 3.00 bits per heavy atom. The standard InChI is InChI=1S/C11H18N2O/c1-8-5-9-6-13(2)7-10(9)11(8,14)3-4-12/h6-8,14H,3-5,12H2,1-2H3. The fourth-order valence-corrected chi connectivity index (χ4v) is 2.56. The van der Waals surface area contributed by atoms with Gasteiger partial charge in [0.2, 0.25) is 0 Å². The number of aryl methyl sites for hydroxylation is 1. The molecule has 0 bridgehead atoms. The van der Waals surface area contributed by atoms with E-state index in [9.17, 15) is 5.11 Å². The summed E-state index contributed by atoms with van der Waals surface area (Å²) in [5, 5.41) is 10.5. The van der Waals surface area contributed by atoms with Crippen LogP contribution in [0.5, 0.6) is 0 Å². The van der Waals surface area contributed by atoms with Gasteiger partial charge in [-0.3, -0.25) is 0 Å². The molecule has 3 heteroatoms. The summed E-state index contributed by atoms with van der Waals surface area (Å²) in [6.45, 7) is 2.63. The van der Waals surface area contributed by atoms with Crippen LogP contribution < -0.4 is 5.73 Å². The lowest BCUT2D eigenvalue weighted by Gasteiger charge is -2.28. The van der Waals surface area contributed by atoms with Crippen LogP contribution in [-0.2, 0) is 19.1 Å². The van der Waals surface area contributed by atoms with Crippen molar-refractivity contribution < 1.29 is 5.11 Å². The summed E-state index contributed by atoms with van der Waals surface area (Å²) in [4.78, 5) is 0. The molecule has 1 aromatic heterocycles. The first kappa shape index (κ1) is 9.74. The quantitative estimate of drug-likeness (QED) is 0.730. The normalized spacial score (nSPS) is 30.7. The van der Waals surface area contributed by atoms with E-state index < -0.39 is 5.60 Å². The number of hydrogen-bond acceptors (Lipinski definition) is 2. The maximum atomic E-state index is 10.5. The largest absolute Gasteiger partial charge is 0.385 e. The van der Waals surface area contributed by atoms with E-state index in [0.29, 0.717) is 13.0 Å². The Kier molecular flexibility index (Phi) is 2.16. The van der Waals surface area contributed by atoms with E-state index in [4.69, 9.17) is 5.73 Å². The number of aliphatic hydroxyl groups is 1. The number of nitrogens with two attached hydrogens (primary N) is 1. The molecule has 3 nitrogen and oxygen atoms in total. The van der Waals surface area contributed by atoms with Crippen molar-refractivity contribution in [2.45, 2.75) is 25.4 Å². The highest BCUT2D eigenvalue weighted by Gasteiger charge is 2.42. The second-order valence-corrected chi connectivity index (χ2v) is 4.43. The average Bonchev–Trinajstić information content (AvgIpc) is 2.55. The number of rotatable bonds is 2. The summed E-state index contributed by atoms with van der Waals surface area (Å²) in [7, 11) is 1.99. The van der Waals surface area contributed by atoms with Crippen LogP contribution in [0.15, 0.2) is 12.4 Å². The Balaban J connectivity index is 2.41. The third-order valence-corrected chi connectivity index (χ3v) is 3.37. The van der Waals surface area contributed by atoms with Crippen LogP contribution in [0, 0.1) is 5.92 Å². The van der Waals surface area contributed by atoms with Crippen LogP contribution in [0.2, 0.25) is 0 Å². The first-order valence-electron chi connectivity index (χ1n) is 5.15. The van der Waals surface area contributed by atoms with Gasteiger partial charge in [-0.15, -0.1) is 0 Å². The summed E-state index contributed by atoms with van der Waals surface area (Å²) in [6, 6.07) is 0. The van der Waals surface area contributed by atoms with Gasteiger partial charge in [0.05, 0.1) is 5.60 Å². The van der Waals surface area contributed by atoms with Gasteiger partial charge in [-0.2, -0.15) is 0 Å². The van der Waals surface area contributed by atoms with Crippen LogP contribution in [0.4, 0.5) is 0 Å². The Morgan fingerprint density at radius 1 is 1.64 bits per heavy atom. The fourth-order valence-electron chi connectivity index (χ4n) is 2.56. The smallest absolute Gasteiger partial charge is 0.0954 e. The third-order valence-electron chi connectivity index (χ3n) is 3.37. The van der Waals surface area contributed by atoms with Crippen LogP contribution in [0.1, 0.15) is 24.5 Å². The van der Waals surface area contributed by atoms with Crippen molar-refractivity contribution in [3.63, 3.8) is 0 Å². The Morgan fingerprint density at radius 2 is 2.36 bits per heavy atom. The molecule has 2 atom stereocenters. The van der Waals surface area contributed by atoms with Crippen molar-refractivity contribution in [2.75, 3.05) is 6.54 Å². The molecule has 0 amide bonds. The van der Waals surface area contributed by atoms with Gasteiger partial charge in [0, 0.05) is 25.0 Å². The molecule has 1 aliphatic carbocycles. The van der Waals surface area contributed by atoms with Crippen LogP contribution in [0.3, 0.4) is 0 Å². The molecule has 0 aromatic carbocycles. The maximum Gasteiger partial charge on any atom is 0.0954 e. The summed E-state index contributed by atoms with van der Waals surface area (Å²) < 4.78 is 2.01. The Hall–Kier alpha value is -0.800. The fraction of sp³-hybridized carbons (Fsp3) is 0.636. The highest BCUT2D eigenvalue weighted by atomic mass is 16.3. The molecule has 2 rings (SSSR count). The predicted molar refractivity (Wildman–Crippen MR) is 55.8 cm³/mol. The molecular weight excluding hydrogens is 176 g/mol. The van der Waals surface area contributed by atoms with Crippen molar-refractivity contribution in [3.8, 4) is 0 Å². The van der Waals surface area contributed by atoms with E-state index in [1.54, 1.807) is 0 Å². The van der Waals surface area contributed by atoms with Crippen LogP contribution in [0.25, 0.3) is 0 Å². The minimum Gasteiger partial charge on any atom is -0.385 e. The first-order chi connectivity index (χ1) is 6.58. The van der Waals surface area contributed by atoms with Gasteiger partial charge in [-0.25, -0.2) is 0 Å². The van der Waals surface area contributed by atoms with Crippen molar-refractivity contribution >= 4 is 0 Å². The number of hydrogen-bond donors (Lipinski definition) is 2. The van der Waals surface area contributed by atoms with Gasteiger partial charge < -0.3 is 15.4 Å². The van der Waals surface area contributed by atoms with Crippen molar-refractivity contribution in [2.24, 2.45) is 18.7 Å². The number of aromatic nitrogens is 1. The molecule has 0 spiro atoms. The van der Waals surface area contributed by atoms with Gasteiger partial charge in [-0.05, 0) is 30.9 Å². The highest BCUT2D eigenvalue weighted by Crippen LogP contribution is 2.43. The summed E-state index contributed by atoms with van der Waals surface area (Å²) in [5.74, 6) is 0.289. The van der Waals surface area contributed by atoms with E-state index in [1.165, 1.54) is 5.56 Å². The van der Waals surface area contributed by atoms with Gasteiger partial charge in [0.15, 0.2) is 0 Å². The third kappa shape index (κ3) is 1.20. The molecule has 1 heterocycles. The van der Waals surface area contributed by atoms with E-state index in [1.807, 2.05) is 17.8 Å². The minimum absolute atomic E-state index is 0.289. The first-order valence-corrected chi connectivity index (χ1v) is 5.15. The second kappa shape index (κ2) is 3.11. The monoisotopic (exact) mass is 194 g/mol. The Labute approximate surface area is 84.5 Å². The van der Waals surface area contributed by atoms with E-state index in [0.717, 1.165) is 12.0 Å². The van der Waals surface area contributed by atoms with Gasteiger partial charge in [0.1, 0.15) is 0 Å². The van der Waals surface area contributed by atoms with Crippen molar-refractivity contribution in [3.05, 3.63) is 23.5 Å². The van der Waals surface area contributed by atoms with E-state index >= 15 is 0 Å². The zero-order valence-electron chi connectivity index (χ0n) is 8.83. The molecular formula is C11H18N2O. The zero-order chi connectivity index (χ0) is 10.3. The molecule has 0 fully saturated rings. The summed E-state index contributed by atoms with van der Waals surface area (Å²) in [6.07, 6.45) is 5.74. The molecule has 2 unspecified atom stereocenters. The molecule has 1 aliphatic rings. The second-order valence-electron chi connectivity index (χ2n) is 4.43. The van der Waals surface area contributed by atoms with E-state index in [2.05, 4.69) is 13.1 Å². The highest BCUT2D eigenvalue weighted by molar-refractivity contribution is 5.36. The van der Waals surface area contributed by atoms with Crippen molar-refractivity contribution in [1.29, 1.82) is 0 Å². The maximum absolute atomic E-state index is 10.5. The molecule has 0 saturated heterocycles. The molecule has 0 radical (unpaired) electrons. The molecule has 14 heavy (non-hydrogen) atoms. The van der Waals surface area contributed by atoms with Gasteiger partial charge in [-0.1, -0.05) is 6.92 Å². The SMILES string of the molecule is CC1Cc2cn(C)cc2C1(O)CCN. The van der Waals surface area contributed by atoms with Gasteiger partial charge >= 0.3 is 0 Å². The lowest BCUT2D eigenvalue weighted by molar-refractivity contribution is -0.0105. The topological polar surface area (TPSA) is 51.2 Å². The van der Waals surface area contributed by atoms with Crippen LogP contribution in [-0.4, -0.2) is 16.2 Å². The average molecular weight is 194 g/mol. The van der Waals surface area contributed by atoms with Crippen LogP contribution >= 0.6 is 0 Å². The molecule has 0 saturated carbocycles. The molecule has 3 N–H and O–H groups in total. The Bertz CT molecular complexity index is 345.